The lowest BCUT2D eigenvalue weighted by Gasteiger charge is -2.45. The van der Waals surface area contributed by atoms with Gasteiger partial charge in [0.15, 0.2) is 0 Å². The first kappa shape index (κ1) is 17.3. The van der Waals surface area contributed by atoms with Gasteiger partial charge in [-0.2, -0.15) is 0 Å². The Morgan fingerprint density at radius 2 is 1.00 bits per heavy atom. The standard InChI is InChI=1S/C14H34N4P/c1-7-15(8-2)19(16(9-3)10-4)17(11-5)13-14-18(19)12-6/h7-14H2,1-6H3/q+1. The Morgan fingerprint density at radius 1 is 0.684 bits per heavy atom. The van der Waals surface area contributed by atoms with Gasteiger partial charge in [0.25, 0.3) is 0 Å². The smallest absolute Gasteiger partial charge is 0.134 e. The van der Waals surface area contributed by atoms with Crippen LogP contribution >= 0.6 is 7.87 Å². The minimum Gasteiger partial charge on any atom is -0.134 e. The van der Waals surface area contributed by atoms with Crippen molar-refractivity contribution in [3.63, 3.8) is 0 Å². The highest BCUT2D eigenvalue weighted by Crippen LogP contribution is 2.71. The summed E-state index contributed by atoms with van der Waals surface area (Å²) < 4.78 is 11.0. The molecule has 1 saturated heterocycles. The van der Waals surface area contributed by atoms with E-state index in [-0.39, 0.29) is 0 Å². The van der Waals surface area contributed by atoms with Crippen molar-refractivity contribution in [2.75, 3.05) is 52.4 Å². The molecule has 4 nitrogen and oxygen atoms in total. The summed E-state index contributed by atoms with van der Waals surface area (Å²) in [5.74, 6) is 0. The molecule has 1 aliphatic rings. The highest BCUT2D eigenvalue weighted by atomic mass is 31.2. The molecular formula is C14H34N4P+. The van der Waals surface area contributed by atoms with Gasteiger partial charge in [-0.15, -0.1) is 18.7 Å². The second-order valence-corrected chi connectivity index (χ2v) is 8.24. The van der Waals surface area contributed by atoms with Crippen molar-refractivity contribution < 1.29 is 0 Å². The summed E-state index contributed by atoms with van der Waals surface area (Å²) in [5, 5.41) is 0. The summed E-state index contributed by atoms with van der Waals surface area (Å²) in [6.07, 6.45) is 0. The fourth-order valence-electron chi connectivity index (χ4n) is 3.47. The lowest BCUT2D eigenvalue weighted by Crippen LogP contribution is -2.47. The summed E-state index contributed by atoms with van der Waals surface area (Å²) in [6, 6.07) is 0. The maximum Gasteiger partial charge on any atom is 0.308 e. The first-order valence-electron chi connectivity index (χ1n) is 8.07. The van der Waals surface area contributed by atoms with Crippen LogP contribution in [0.3, 0.4) is 0 Å². The van der Waals surface area contributed by atoms with Gasteiger partial charge in [0.1, 0.15) is 0 Å². The molecule has 114 valence electrons. The van der Waals surface area contributed by atoms with Crippen LogP contribution in [0.4, 0.5) is 0 Å². The number of rotatable bonds is 8. The Morgan fingerprint density at radius 3 is 1.21 bits per heavy atom. The molecule has 1 rings (SSSR count). The SMILES string of the molecule is CCN(CC)[P+]1(N(CC)CC)N(CC)CCN1CC. The van der Waals surface area contributed by atoms with E-state index in [1.165, 1.54) is 13.1 Å². The molecule has 0 bridgehead atoms. The van der Waals surface area contributed by atoms with Gasteiger partial charge < -0.3 is 0 Å². The zero-order valence-corrected chi connectivity index (χ0v) is 14.8. The van der Waals surface area contributed by atoms with Gasteiger partial charge in [-0.3, -0.25) is 0 Å². The molecule has 1 fully saturated rings. The lowest BCUT2D eigenvalue weighted by atomic mass is 10.6. The van der Waals surface area contributed by atoms with Gasteiger partial charge in [-0.25, -0.2) is 0 Å². The number of hydrogen-bond acceptors (Lipinski definition) is 4. The number of nitrogens with zero attached hydrogens (tertiary/aromatic N) is 4. The molecule has 0 aliphatic carbocycles. The molecule has 0 aromatic carbocycles. The van der Waals surface area contributed by atoms with Crippen molar-refractivity contribution in [1.82, 2.24) is 18.7 Å². The molecule has 0 atom stereocenters. The van der Waals surface area contributed by atoms with Gasteiger partial charge in [-0.1, -0.05) is 0 Å². The summed E-state index contributed by atoms with van der Waals surface area (Å²) >= 11 is 0. The van der Waals surface area contributed by atoms with Crippen molar-refractivity contribution in [3.05, 3.63) is 0 Å². The van der Waals surface area contributed by atoms with Crippen LogP contribution in [-0.2, 0) is 0 Å². The van der Waals surface area contributed by atoms with Crippen LogP contribution in [0.25, 0.3) is 0 Å². The monoisotopic (exact) mass is 289 g/mol. The van der Waals surface area contributed by atoms with Crippen molar-refractivity contribution >= 4 is 7.87 Å². The van der Waals surface area contributed by atoms with E-state index in [1.807, 2.05) is 0 Å². The average molecular weight is 289 g/mol. The van der Waals surface area contributed by atoms with Crippen LogP contribution in [0, 0.1) is 0 Å². The Hall–Kier alpha value is 0.270. The quantitative estimate of drug-likeness (QED) is 0.637. The third-order valence-corrected chi connectivity index (χ3v) is 9.46. The maximum atomic E-state index is 2.76. The van der Waals surface area contributed by atoms with E-state index >= 15 is 0 Å². The van der Waals surface area contributed by atoms with Gasteiger partial charge >= 0.3 is 7.87 Å². The molecule has 5 heteroatoms. The molecule has 0 amide bonds. The number of likely N-dealkylation sites (N-methyl/N-ethyl adjacent to an activating group) is 2. The minimum atomic E-state index is -1.45. The van der Waals surface area contributed by atoms with E-state index in [0.717, 1.165) is 39.3 Å². The van der Waals surface area contributed by atoms with Crippen molar-refractivity contribution in [3.8, 4) is 0 Å². The van der Waals surface area contributed by atoms with E-state index in [0.29, 0.717) is 0 Å². The molecule has 0 aromatic heterocycles. The van der Waals surface area contributed by atoms with E-state index in [4.69, 9.17) is 0 Å². The summed E-state index contributed by atoms with van der Waals surface area (Å²) in [5.41, 5.74) is 0. The Kier molecular flexibility index (Phi) is 7.20. The predicted octanol–water partition coefficient (Wildman–Crippen LogP) is 3.01. The summed E-state index contributed by atoms with van der Waals surface area (Å²) in [7, 11) is -1.45. The topological polar surface area (TPSA) is 13.0 Å². The molecular weight excluding hydrogens is 255 g/mol. The average Bonchev–Trinajstić information content (AvgIpc) is 2.81. The molecule has 0 radical (unpaired) electrons. The second-order valence-electron chi connectivity index (χ2n) is 4.91. The zero-order chi connectivity index (χ0) is 14.5. The Bertz CT molecular complexity index is 228. The van der Waals surface area contributed by atoms with E-state index in [1.54, 1.807) is 0 Å². The number of hydrogen-bond donors (Lipinski definition) is 0. The molecule has 19 heavy (non-hydrogen) atoms. The molecule has 0 aromatic rings. The van der Waals surface area contributed by atoms with Gasteiger partial charge in [0.05, 0.1) is 13.1 Å². The molecule has 0 N–H and O–H groups in total. The van der Waals surface area contributed by atoms with Gasteiger partial charge in [0, 0.05) is 39.3 Å². The molecule has 0 unspecified atom stereocenters. The summed E-state index contributed by atoms with van der Waals surface area (Å²) in [6.45, 7) is 23.3. The van der Waals surface area contributed by atoms with Gasteiger partial charge in [0.2, 0.25) is 0 Å². The second kappa shape index (κ2) is 7.90. The van der Waals surface area contributed by atoms with Gasteiger partial charge in [-0.05, 0) is 41.5 Å². The maximum absolute atomic E-state index is 2.76. The van der Waals surface area contributed by atoms with E-state index in [2.05, 4.69) is 60.2 Å². The third-order valence-electron chi connectivity index (χ3n) is 4.32. The van der Waals surface area contributed by atoms with Crippen LogP contribution in [0.5, 0.6) is 0 Å². The van der Waals surface area contributed by atoms with Crippen molar-refractivity contribution in [2.24, 2.45) is 0 Å². The van der Waals surface area contributed by atoms with Crippen LogP contribution in [0.15, 0.2) is 0 Å². The Balaban J connectivity index is 3.27. The minimum absolute atomic E-state index is 1.15. The first-order valence-corrected chi connectivity index (χ1v) is 9.67. The normalized spacial score (nSPS) is 20.8. The van der Waals surface area contributed by atoms with Crippen LogP contribution in [-0.4, -0.2) is 71.0 Å². The zero-order valence-electron chi connectivity index (χ0n) is 13.9. The summed E-state index contributed by atoms with van der Waals surface area (Å²) in [4.78, 5) is 0. The van der Waals surface area contributed by atoms with Crippen molar-refractivity contribution in [2.45, 2.75) is 41.5 Å². The highest BCUT2D eigenvalue weighted by molar-refractivity contribution is 7.67. The van der Waals surface area contributed by atoms with Crippen LogP contribution < -0.4 is 0 Å². The van der Waals surface area contributed by atoms with Crippen molar-refractivity contribution in [1.29, 1.82) is 0 Å². The molecule has 0 saturated carbocycles. The molecule has 1 aliphatic heterocycles. The highest BCUT2D eigenvalue weighted by Gasteiger charge is 2.62. The fourth-order valence-corrected chi connectivity index (χ4v) is 8.61. The fraction of sp³-hybridized carbons (Fsp3) is 1.00. The molecule has 0 spiro atoms. The van der Waals surface area contributed by atoms with E-state index < -0.39 is 7.87 Å². The van der Waals surface area contributed by atoms with Crippen LogP contribution in [0.1, 0.15) is 41.5 Å². The largest absolute Gasteiger partial charge is 0.308 e. The van der Waals surface area contributed by atoms with Crippen LogP contribution in [0.2, 0.25) is 0 Å². The molecule has 1 heterocycles. The Labute approximate surface area is 121 Å². The lowest BCUT2D eigenvalue weighted by molar-refractivity contribution is 0.315. The first-order chi connectivity index (χ1) is 9.16. The van der Waals surface area contributed by atoms with E-state index in [9.17, 15) is 0 Å². The predicted molar refractivity (Wildman–Crippen MR) is 87.3 cm³/mol. The third kappa shape index (κ3) is 2.84.